The Hall–Kier alpha value is -1.13. The molecule has 1 fully saturated rings. The van der Waals surface area contributed by atoms with E-state index in [2.05, 4.69) is 0 Å². The Balaban J connectivity index is 2.36. The predicted molar refractivity (Wildman–Crippen MR) is 61.8 cm³/mol. The van der Waals surface area contributed by atoms with Crippen LogP contribution in [0.15, 0.2) is 18.2 Å². The average molecular weight is 224 g/mol. The number of anilines is 1. The Morgan fingerprint density at radius 3 is 2.88 bits per heavy atom. The number of rotatable bonds is 2. The highest BCUT2D eigenvalue weighted by Crippen LogP contribution is 2.30. The van der Waals surface area contributed by atoms with Gasteiger partial charge in [0.25, 0.3) is 0 Å². The molecule has 0 aliphatic carbocycles. The smallest absolute Gasteiger partial charge is 0.130 e. The predicted octanol–water partition coefficient (Wildman–Crippen LogP) is 1.42. The van der Waals surface area contributed by atoms with Gasteiger partial charge in [0.05, 0.1) is 6.10 Å². The zero-order valence-corrected chi connectivity index (χ0v) is 9.36. The lowest BCUT2D eigenvalue weighted by Gasteiger charge is -2.23. The van der Waals surface area contributed by atoms with Crippen molar-refractivity contribution < 1.29 is 9.50 Å². The van der Waals surface area contributed by atoms with Crippen LogP contribution in [0.3, 0.4) is 0 Å². The van der Waals surface area contributed by atoms with E-state index in [9.17, 15) is 9.50 Å². The van der Waals surface area contributed by atoms with E-state index >= 15 is 0 Å². The van der Waals surface area contributed by atoms with Crippen molar-refractivity contribution in [2.45, 2.75) is 25.5 Å². The van der Waals surface area contributed by atoms with Crippen molar-refractivity contribution in [3.05, 3.63) is 29.6 Å². The topological polar surface area (TPSA) is 49.5 Å². The van der Waals surface area contributed by atoms with E-state index in [-0.39, 0.29) is 18.0 Å². The minimum atomic E-state index is -0.339. The van der Waals surface area contributed by atoms with E-state index in [0.29, 0.717) is 12.1 Å². The molecule has 1 aliphatic rings. The highest BCUT2D eigenvalue weighted by molar-refractivity contribution is 5.56. The van der Waals surface area contributed by atoms with Crippen molar-refractivity contribution >= 4 is 5.69 Å². The van der Waals surface area contributed by atoms with Crippen molar-refractivity contribution in [3.63, 3.8) is 0 Å². The summed E-state index contributed by atoms with van der Waals surface area (Å²) in [5.74, 6) is -0.270. The van der Waals surface area contributed by atoms with Crippen LogP contribution in [0.5, 0.6) is 0 Å². The summed E-state index contributed by atoms with van der Waals surface area (Å²) in [5.41, 5.74) is 7.14. The lowest BCUT2D eigenvalue weighted by atomic mass is 10.1. The molecule has 0 aromatic heterocycles. The number of β-amino-alcohol motifs (C(OH)–C–C–N with tert-alkyl or cyclic N) is 1. The summed E-state index contributed by atoms with van der Waals surface area (Å²) in [5, 5.41) is 9.49. The van der Waals surface area contributed by atoms with Crippen LogP contribution < -0.4 is 10.6 Å². The van der Waals surface area contributed by atoms with Gasteiger partial charge in [-0.05, 0) is 25.5 Å². The van der Waals surface area contributed by atoms with Crippen molar-refractivity contribution in [1.82, 2.24) is 0 Å². The molecule has 0 bridgehead atoms. The molecule has 0 saturated carbocycles. The van der Waals surface area contributed by atoms with Crippen LogP contribution in [-0.2, 0) is 0 Å². The van der Waals surface area contributed by atoms with E-state index in [1.54, 1.807) is 13.0 Å². The summed E-state index contributed by atoms with van der Waals surface area (Å²) >= 11 is 0. The third-order valence-corrected chi connectivity index (χ3v) is 2.99. The zero-order chi connectivity index (χ0) is 11.7. The van der Waals surface area contributed by atoms with Gasteiger partial charge < -0.3 is 15.7 Å². The monoisotopic (exact) mass is 224 g/mol. The molecule has 0 spiro atoms. The highest BCUT2D eigenvalue weighted by Gasteiger charge is 2.24. The first-order valence-electron chi connectivity index (χ1n) is 5.56. The minimum Gasteiger partial charge on any atom is -0.391 e. The van der Waals surface area contributed by atoms with Gasteiger partial charge in [-0.3, -0.25) is 0 Å². The molecule has 1 aromatic rings. The van der Waals surface area contributed by atoms with Crippen molar-refractivity contribution in [2.75, 3.05) is 18.0 Å². The van der Waals surface area contributed by atoms with Gasteiger partial charge in [0.2, 0.25) is 0 Å². The van der Waals surface area contributed by atoms with Crippen LogP contribution in [0.2, 0.25) is 0 Å². The molecule has 1 saturated heterocycles. The molecule has 3 N–H and O–H groups in total. The van der Waals surface area contributed by atoms with Gasteiger partial charge in [-0.1, -0.05) is 6.07 Å². The van der Waals surface area contributed by atoms with E-state index < -0.39 is 0 Å². The summed E-state index contributed by atoms with van der Waals surface area (Å²) in [4.78, 5) is 1.99. The quantitative estimate of drug-likeness (QED) is 0.798. The molecule has 1 aromatic carbocycles. The van der Waals surface area contributed by atoms with Crippen LogP contribution in [0, 0.1) is 5.82 Å². The van der Waals surface area contributed by atoms with Crippen molar-refractivity contribution in [3.8, 4) is 0 Å². The molecule has 4 heteroatoms. The fourth-order valence-electron chi connectivity index (χ4n) is 2.21. The first-order valence-corrected chi connectivity index (χ1v) is 5.56. The van der Waals surface area contributed by atoms with Gasteiger partial charge in [-0.15, -0.1) is 0 Å². The summed E-state index contributed by atoms with van der Waals surface area (Å²) in [6.45, 7) is 3.09. The van der Waals surface area contributed by atoms with E-state index in [0.717, 1.165) is 18.7 Å². The number of nitrogens with zero attached hydrogens (tertiary/aromatic N) is 1. The van der Waals surface area contributed by atoms with Crippen molar-refractivity contribution in [2.24, 2.45) is 5.73 Å². The molecule has 1 aliphatic heterocycles. The summed E-state index contributed by atoms with van der Waals surface area (Å²) < 4.78 is 13.7. The first kappa shape index (κ1) is 11.4. The zero-order valence-electron chi connectivity index (χ0n) is 9.36. The molecule has 2 atom stereocenters. The van der Waals surface area contributed by atoms with Gasteiger partial charge >= 0.3 is 0 Å². The summed E-state index contributed by atoms with van der Waals surface area (Å²) in [7, 11) is 0. The Labute approximate surface area is 94.7 Å². The Morgan fingerprint density at radius 2 is 2.31 bits per heavy atom. The van der Waals surface area contributed by atoms with E-state index in [1.807, 2.05) is 11.0 Å². The number of aliphatic hydroxyl groups is 1. The average Bonchev–Trinajstić information content (AvgIpc) is 2.63. The van der Waals surface area contributed by atoms with Gasteiger partial charge in [0.1, 0.15) is 5.82 Å². The molecule has 0 amide bonds. The normalized spacial score (nSPS) is 22.5. The number of hydrogen-bond donors (Lipinski definition) is 2. The van der Waals surface area contributed by atoms with E-state index in [1.165, 1.54) is 6.07 Å². The number of hydrogen-bond acceptors (Lipinski definition) is 3. The number of nitrogens with two attached hydrogens (primary N) is 1. The molecule has 2 rings (SSSR count). The Kier molecular flexibility index (Phi) is 3.12. The molecular formula is C12H17FN2O. The van der Waals surface area contributed by atoms with Crippen LogP contribution in [0.25, 0.3) is 0 Å². The molecular weight excluding hydrogens is 207 g/mol. The molecule has 16 heavy (non-hydrogen) atoms. The Morgan fingerprint density at radius 1 is 1.56 bits per heavy atom. The lowest BCUT2D eigenvalue weighted by Crippen LogP contribution is -2.24. The summed E-state index contributed by atoms with van der Waals surface area (Å²) in [6, 6.07) is 4.63. The van der Waals surface area contributed by atoms with Crippen LogP contribution in [0.4, 0.5) is 10.1 Å². The third kappa shape index (κ3) is 2.03. The number of aliphatic hydroxyl groups excluding tert-OH is 1. The van der Waals surface area contributed by atoms with Crippen LogP contribution >= 0.6 is 0 Å². The van der Waals surface area contributed by atoms with Gasteiger partial charge in [0, 0.05) is 30.4 Å². The maximum Gasteiger partial charge on any atom is 0.130 e. The third-order valence-electron chi connectivity index (χ3n) is 2.99. The van der Waals surface area contributed by atoms with Crippen molar-refractivity contribution in [1.29, 1.82) is 0 Å². The molecule has 0 radical (unpaired) electrons. The largest absolute Gasteiger partial charge is 0.391 e. The first-order chi connectivity index (χ1) is 7.59. The lowest BCUT2D eigenvalue weighted by molar-refractivity contribution is 0.198. The fraction of sp³-hybridized carbons (Fsp3) is 0.500. The second kappa shape index (κ2) is 4.39. The maximum atomic E-state index is 13.7. The second-order valence-electron chi connectivity index (χ2n) is 4.35. The van der Waals surface area contributed by atoms with Gasteiger partial charge in [-0.2, -0.15) is 0 Å². The maximum absolute atomic E-state index is 13.7. The second-order valence-corrected chi connectivity index (χ2v) is 4.35. The van der Waals surface area contributed by atoms with Gasteiger partial charge in [-0.25, -0.2) is 4.39 Å². The van der Waals surface area contributed by atoms with Crippen LogP contribution in [0.1, 0.15) is 24.9 Å². The van der Waals surface area contributed by atoms with Crippen LogP contribution in [-0.4, -0.2) is 24.3 Å². The Bertz CT molecular complexity index is 381. The highest BCUT2D eigenvalue weighted by atomic mass is 19.1. The van der Waals surface area contributed by atoms with E-state index in [4.69, 9.17) is 5.73 Å². The fourth-order valence-corrected chi connectivity index (χ4v) is 2.21. The molecule has 2 unspecified atom stereocenters. The summed E-state index contributed by atoms with van der Waals surface area (Å²) in [6.07, 6.45) is 0.415. The number of benzene rings is 1. The molecule has 3 nitrogen and oxygen atoms in total. The standard InChI is InChI=1S/C12H17FN2O/c1-8(14)12-10(13)3-2-4-11(12)15-6-5-9(16)7-15/h2-4,8-9,16H,5-7,14H2,1H3. The van der Waals surface area contributed by atoms with Gasteiger partial charge in [0.15, 0.2) is 0 Å². The SMILES string of the molecule is CC(N)c1c(F)cccc1N1CCC(O)C1. The minimum absolute atomic E-state index is 0.270. The molecule has 88 valence electrons. The molecule has 1 heterocycles. The number of halogens is 1.